The molecule has 1 atom stereocenters. The highest BCUT2D eigenvalue weighted by Gasteiger charge is 2.64. The molecule has 0 radical (unpaired) electrons. The number of nitrogens with one attached hydrogen (secondary N) is 1. The van der Waals surface area contributed by atoms with Gasteiger partial charge in [0, 0.05) is 19.6 Å². The van der Waals surface area contributed by atoms with E-state index in [0.29, 0.717) is 11.3 Å². The van der Waals surface area contributed by atoms with Gasteiger partial charge in [-0.15, -0.1) is 0 Å². The first-order chi connectivity index (χ1) is 9.05. The number of primary amides is 1. The van der Waals surface area contributed by atoms with E-state index in [4.69, 9.17) is 5.73 Å². The summed E-state index contributed by atoms with van der Waals surface area (Å²) in [5, 5.41) is 2.23. The van der Waals surface area contributed by atoms with Crippen LogP contribution in [0.1, 0.15) is 12.8 Å². The standard InChI is InChI=1S/C10H14F5N3O2/c11-9(12,10(13,14)15)7(19)18-3-1-2-6(5-18)4-17-8(16)20/h6H,1-5H2,(H3,16,17,20). The summed E-state index contributed by atoms with van der Waals surface area (Å²) in [7, 11) is 0. The molecule has 3 N–H and O–H groups in total. The minimum Gasteiger partial charge on any atom is -0.352 e. The second kappa shape index (κ2) is 5.80. The van der Waals surface area contributed by atoms with Gasteiger partial charge in [0.05, 0.1) is 0 Å². The lowest BCUT2D eigenvalue weighted by Crippen LogP contribution is -2.55. The minimum absolute atomic E-state index is 0.0245. The number of hydrogen-bond acceptors (Lipinski definition) is 2. The van der Waals surface area contributed by atoms with Crippen molar-refractivity contribution in [3.63, 3.8) is 0 Å². The lowest BCUT2D eigenvalue weighted by Gasteiger charge is -2.35. The first-order valence-electron chi connectivity index (χ1n) is 5.83. The number of hydrogen-bond donors (Lipinski definition) is 2. The molecule has 3 amide bonds. The van der Waals surface area contributed by atoms with Gasteiger partial charge >= 0.3 is 24.0 Å². The van der Waals surface area contributed by atoms with Crippen LogP contribution in [0.5, 0.6) is 0 Å². The Hall–Kier alpha value is -1.61. The molecule has 1 saturated heterocycles. The highest BCUT2D eigenvalue weighted by atomic mass is 19.4. The van der Waals surface area contributed by atoms with Crippen LogP contribution >= 0.6 is 0 Å². The van der Waals surface area contributed by atoms with Crippen molar-refractivity contribution in [2.75, 3.05) is 19.6 Å². The molecule has 0 aromatic rings. The van der Waals surface area contributed by atoms with Crippen molar-refractivity contribution in [1.29, 1.82) is 0 Å². The fourth-order valence-corrected chi connectivity index (χ4v) is 1.98. The second-order valence-electron chi connectivity index (χ2n) is 4.58. The molecular formula is C10H14F5N3O2. The average Bonchev–Trinajstić information content (AvgIpc) is 2.34. The topological polar surface area (TPSA) is 75.4 Å². The number of carbonyl (C=O) groups is 2. The zero-order valence-electron chi connectivity index (χ0n) is 10.3. The van der Waals surface area contributed by atoms with Crippen molar-refractivity contribution >= 4 is 11.9 Å². The fraction of sp³-hybridized carbons (Fsp3) is 0.800. The number of amides is 3. The Labute approximate surface area is 111 Å². The average molecular weight is 303 g/mol. The molecule has 0 spiro atoms. The number of urea groups is 1. The molecule has 20 heavy (non-hydrogen) atoms. The molecule has 0 saturated carbocycles. The third-order valence-corrected chi connectivity index (χ3v) is 3.00. The molecule has 1 rings (SSSR count). The first-order valence-corrected chi connectivity index (χ1v) is 5.83. The van der Waals surface area contributed by atoms with Crippen LogP contribution in [0.3, 0.4) is 0 Å². The third kappa shape index (κ3) is 3.70. The highest BCUT2D eigenvalue weighted by molar-refractivity contribution is 5.84. The minimum atomic E-state index is -5.91. The van der Waals surface area contributed by atoms with Crippen LogP contribution in [0.4, 0.5) is 26.7 Å². The molecule has 5 nitrogen and oxygen atoms in total. The molecule has 1 fully saturated rings. The largest absolute Gasteiger partial charge is 0.463 e. The Balaban J connectivity index is 2.67. The van der Waals surface area contributed by atoms with Crippen molar-refractivity contribution in [3.05, 3.63) is 0 Å². The summed E-state index contributed by atoms with van der Waals surface area (Å²) < 4.78 is 62.2. The monoisotopic (exact) mass is 303 g/mol. The van der Waals surface area contributed by atoms with Crippen LogP contribution in [0, 0.1) is 5.92 Å². The van der Waals surface area contributed by atoms with E-state index in [-0.39, 0.29) is 26.1 Å². The van der Waals surface area contributed by atoms with Crippen LogP contribution in [0.15, 0.2) is 0 Å². The van der Waals surface area contributed by atoms with Crippen molar-refractivity contribution in [2.45, 2.75) is 24.9 Å². The fourth-order valence-electron chi connectivity index (χ4n) is 1.98. The van der Waals surface area contributed by atoms with Crippen molar-refractivity contribution in [2.24, 2.45) is 11.7 Å². The lowest BCUT2D eigenvalue weighted by atomic mass is 9.97. The van der Waals surface area contributed by atoms with Gasteiger partial charge in [0.25, 0.3) is 0 Å². The summed E-state index contributed by atoms with van der Waals surface area (Å²) >= 11 is 0. The van der Waals surface area contributed by atoms with E-state index in [9.17, 15) is 31.5 Å². The molecule has 1 unspecified atom stereocenters. The number of nitrogens with zero attached hydrogens (tertiary/aromatic N) is 1. The van der Waals surface area contributed by atoms with E-state index in [0.717, 1.165) is 0 Å². The molecule has 1 aliphatic heterocycles. The number of alkyl halides is 5. The Bertz CT molecular complexity index is 386. The van der Waals surface area contributed by atoms with E-state index >= 15 is 0 Å². The van der Waals surface area contributed by atoms with E-state index < -0.39 is 30.0 Å². The third-order valence-electron chi connectivity index (χ3n) is 3.00. The van der Waals surface area contributed by atoms with Gasteiger partial charge in [-0.3, -0.25) is 4.79 Å². The van der Waals surface area contributed by atoms with Gasteiger partial charge in [-0.2, -0.15) is 22.0 Å². The second-order valence-corrected chi connectivity index (χ2v) is 4.58. The SMILES string of the molecule is NC(=O)NCC1CCCN(C(=O)C(F)(F)C(F)(F)F)C1. The Morgan fingerprint density at radius 3 is 2.35 bits per heavy atom. The van der Waals surface area contributed by atoms with Gasteiger partial charge in [0.2, 0.25) is 0 Å². The normalized spacial score (nSPS) is 20.6. The predicted octanol–water partition coefficient (Wildman–Crippen LogP) is 1.09. The maximum absolute atomic E-state index is 12.9. The molecule has 0 aromatic heterocycles. The number of rotatable bonds is 3. The lowest BCUT2D eigenvalue weighted by molar-refractivity contribution is -0.275. The van der Waals surface area contributed by atoms with E-state index in [1.807, 2.05) is 0 Å². The van der Waals surface area contributed by atoms with Gasteiger partial charge in [-0.05, 0) is 18.8 Å². The summed E-state index contributed by atoms with van der Waals surface area (Å²) in [5.41, 5.74) is 4.83. The number of piperidine rings is 1. The van der Waals surface area contributed by atoms with E-state index in [2.05, 4.69) is 5.32 Å². The number of carbonyl (C=O) groups excluding carboxylic acids is 2. The Morgan fingerprint density at radius 1 is 1.25 bits per heavy atom. The van der Waals surface area contributed by atoms with Crippen LogP contribution in [0.25, 0.3) is 0 Å². The summed E-state index contributed by atoms with van der Waals surface area (Å²) in [6.07, 6.45) is -5.13. The quantitative estimate of drug-likeness (QED) is 0.766. The van der Waals surface area contributed by atoms with Crippen LogP contribution in [-0.2, 0) is 4.79 Å². The summed E-state index contributed by atoms with van der Waals surface area (Å²) in [5.74, 6) is -8.05. The molecule has 10 heteroatoms. The van der Waals surface area contributed by atoms with Crippen LogP contribution in [0.2, 0.25) is 0 Å². The highest BCUT2D eigenvalue weighted by Crippen LogP contribution is 2.37. The predicted molar refractivity (Wildman–Crippen MR) is 57.9 cm³/mol. The van der Waals surface area contributed by atoms with Gasteiger partial charge in [0.15, 0.2) is 0 Å². The maximum atomic E-state index is 12.9. The van der Waals surface area contributed by atoms with Crippen LogP contribution in [-0.4, -0.2) is 48.6 Å². The number of halogens is 5. The van der Waals surface area contributed by atoms with Gasteiger partial charge in [0.1, 0.15) is 0 Å². The molecule has 0 aliphatic carbocycles. The Kier molecular flexibility index (Phi) is 4.77. The molecule has 0 aromatic carbocycles. The molecular weight excluding hydrogens is 289 g/mol. The zero-order valence-corrected chi connectivity index (χ0v) is 10.3. The molecule has 116 valence electrons. The summed E-state index contributed by atoms with van der Waals surface area (Å²) in [6.45, 7) is -0.418. The summed E-state index contributed by atoms with van der Waals surface area (Å²) in [6, 6.07) is -0.825. The number of likely N-dealkylation sites (tertiary alicyclic amines) is 1. The smallest absolute Gasteiger partial charge is 0.352 e. The van der Waals surface area contributed by atoms with Crippen molar-refractivity contribution in [1.82, 2.24) is 10.2 Å². The van der Waals surface area contributed by atoms with Gasteiger partial charge in [-0.1, -0.05) is 0 Å². The van der Waals surface area contributed by atoms with Crippen molar-refractivity contribution < 1.29 is 31.5 Å². The molecule has 1 heterocycles. The molecule has 0 bridgehead atoms. The van der Waals surface area contributed by atoms with E-state index in [1.54, 1.807) is 0 Å². The van der Waals surface area contributed by atoms with Gasteiger partial charge in [-0.25, -0.2) is 4.79 Å². The zero-order chi connectivity index (χ0) is 15.6. The summed E-state index contributed by atoms with van der Waals surface area (Å²) in [4.78, 5) is 22.3. The van der Waals surface area contributed by atoms with Gasteiger partial charge < -0.3 is 16.0 Å². The number of nitrogens with two attached hydrogens (primary N) is 1. The van der Waals surface area contributed by atoms with E-state index in [1.165, 1.54) is 0 Å². The molecule has 1 aliphatic rings. The van der Waals surface area contributed by atoms with Crippen molar-refractivity contribution in [3.8, 4) is 0 Å². The maximum Gasteiger partial charge on any atom is 0.463 e. The van der Waals surface area contributed by atoms with Crippen LogP contribution < -0.4 is 11.1 Å². The Morgan fingerprint density at radius 2 is 1.85 bits per heavy atom. The first kappa shape index (κ1) is 16.4.